The molecule has 0 bridgehead atoms. The minimum Gasteiger partial charge on any atom is -1.00 e. The van der Waals surface area contributed by atoms with Crippen LogP contribution in [0.1, 0.15) is 26.7 Å². The number of allylic oxidation sites excluding steroid dienone is 8. The molecule has 0 saturated heterocycles. The van der Waals surface area contributed by atoms with E-state index in [0.29, 0.717) is 0 Å². The molecule has 0 heterocycles. The Kier molecular flexibility index (Phi) is 16.7. The summed E-state index contributed by atoms with van der Waals surface area (Å²) in [4.78, 5) is 0. The predicted molar refractivity (Wildman–Crippen MR) is 58.8 cm³/mol. The Bertz CT molecular complexity index is 226. The van der Waals surface area contributed by atoms with Gasteiger partial charge in [0.1, 0.15) is 0 Å². The van der Waals surface area contributed by atoms with Crippen LogP contribution in [0.15, 0.2) is 35.5 Å². The van der Waals surface area contributed by atoms with E-state index in [1.807, 2.05) is 0 Å². The average molecular weight is 301 g/mol. The van der Waals surface area contributed by atoms with Gasteiger partial charge in [-0.15, -0.1) is 12.8 Å². The Hall–Kier alpha value is 0.154. The van der Waals surface area contributed by atoms with Crippen molar-refractivity contribution in [2.24, 2.45) is 0 Å². The molecule has 15 heavy (non-hydrogen) atoms. The second-order valence-electron chi connectivity index (χ2n) is 2.93. The molecule has 0 aliphatic heterocycles. The second kappa shape index (κ2) is 12.2. The summed E-state index contributed by atoms with van der Waals surface area (Å²) >= 11 is 0. The van der Waals surface area contributed by atoms with Gasteiger partial charge in [-0.05, 0) is 0 Å². The molecule has 80 valence electrons. The zero-order valence-electron chi connectivity index (χ0n) is 9.60. The fourth-order valence-electron chi connectivity index (χ4n) is 1.03. The standard InChI is InChI=1S/2C6H7.CH3.BrH.Ti/c2*1-6-4-2-3-5-6;;;/h2*2,4H,3H2,1H3;1H3;1H;/q3*-1;;+4/p-1. The van der Waals surface area contributed by atoms with Crippen molar-refractivity contribution in [2.75, 3.05) is 0 Å². The maximum Gasteiger partial charge on any atom is 4.00 e. The zero-order chi connectivity index (χ0) is 8.81. The summed E-state index contributed by atoms with van der Waals surface area (Å²) in [6.07, 6.45) is 16.7. The molecule has 0 spiro atoms. The van der Waals surface area contributed by atoms with Gasteiger partial charge in [-0.1, -0.05) is 13.8 Å². The van der Waals surface area contributed by atoms with E-state index in [9.17, 15) is 0 Å². The maximum absolute atomic E-state index is 3.12. The molecular formula is C13H17BrTi. The molecule has 0 atom stereocenters. The first-order valence-corrected chi connectivity index (χ1v) is 4.27. The first kappa shape index (κ1) is 20.6. The molecule has 0 unspecified atom stereocenters. The van der Waals surface area contributed by atoms with Gasteiger partial charge in [-0.3, -0.25) is 12.2 Å². The summed E-state index contributed by atoms with van der Waals surface area (Å²) in [5.74, 6) is 0. The quantitative estimate of drug-likeness (QED) is 0.459. The molecule has 0 N–H and O–H groups in total. The van der Waals surface area contributed by atoms with Crippen LogP contribution in [0.25, 0.3) is 0 Å². The summed E-state index contributed by atoms with van der Waals surface area (Å²) in [5, 5.41) is 0. The van der Waals surface area contributed by atoms with Crippen molar-refractivity contribution in [3.05, 3.63) is 55.0 Å². The Morgan fingerprint density at radius 3 is 1.33 bits per heavy atom. The Balaban J connectivity index is -0.000000160. The largest absolute Gasteiger partial charge is 4.00 e. The number of halogens is 1. The third-order valence-corrected chi connectivity index (χ3v) is 1.73. The number of hydrogen-bond acceptors (Lipinski definition) is 0. The van der Waals surface area contributed by atoms with Crippen LogP contribution in [0.2, 0.25) is 0 Å². The summed E-state index contributed by atoms with van der Waals surface area (Å²) in [7, 11) is 0. The minimum absolute atomic E-state index is 0. The van der Waals surface area contributed by atoms with Crippen LogP contribution in [0.3, 0.4) is 0 Å². The van der Waals surface area contributed by atoms with Crippen molar-refractivity contribution in [1.29, 1.82) is 0 Å². The van der Waals surface area contributed by atoms with Gasteiger partial charge in [0.15, 0.2) is 0 Å². The smallest absolute Gasteiger partial charge is 1.00 e. The molecule has 0 fully saturated rings. The van der Waals surface area contributed by atoms with Crippen molar-refractivity contribution in [2.45, 2.75) is 26.7 Å². The summed E-state index contributed by atoms with van der Waals surface area (Å²) in [6, 6.07) is 0. The Morgan fingerprint density at radius 1 is 0.933 bits per heavy atom. The molecule has 2 heteroatoms. The van der Waals surface area contributed by atoms with Crippen LogP contribution in [0, 0.1) is 19.6 Å². The van der Waals surface area contributed by atoms with E-state index < -0.39 is 0 Å². The zero-order valence-corrected chi connectivity index (χ0v) is 12.7. The monoisotopic (exact) mass is 300 g/mol. The van der Waals surface area contributed by atoms with Gasteiger partial charge in [0, 0.05) is 0 Å². The van der Waals surface area contributed by atoms with Crippen molar-refractivity contribution in [3.8, 4) is 0 Å². The molecule has 2 aliphatic rings. The normalized spacial score (nSPS) is 14.8. The van der Waals surface area contributed by atoms with E-state index in [2.05, 4.69) is 50.3 Å². The van der Waals surface area contributed by atoms with Crippen molar-refractivity contribution < 1.29 is 38.7 Å². The topological polar surface area (TPSA) is 0 Å². The molecule has 0 nitrogen and oxygen atoms in total. The third-order valence-electron chi connectivity index (χ3n) is 1.73. The average Bonchev–Trinajstić information content (AvgIpc) is 2.63. The van der Waals surface area contributed by atoms with E-state index in [-0.39, 0.29) is 46.1 Å². The number of hydrogen-bond donors (Lipinski definition) is 0. The fourth-order valence-corrected chi connectivity index (χ4v) is 1.03. The van der Waals surface area contributed by atoms with Gasteiger partial charge in [0.2, 0.25) is 0 Å². The molecule has 0 amide bonds. The van der Waals surface area contributed by atoms with E-state index in [1.54, 1.807) is 0 Å². The molecule has 0 aromatic heterocycles. The molecular weight excluding hydrogens is 284 g/mol. The molecule has 0 aromatic rings. The molecule has 2 rings (SSSR count). The van der Waals surface area contributed by atoms with E-state index in [1.165, 1.54) is 11.1 Å². The summed E-state index contributed by atoms with van der Waals surface area (Å²) < 4.78 is 0. The molecule has 0 aromatic carbocycles. The first-order chi connectivity index (χ1) is 5.79. The van der Waals surface area contributed by atoms with Crippen molar-refractivity contribution >= 4 is 0 Å². The van der Waals surface area contributed by atoms with Crippen LogP contribution in [-0.4, -0.2) is 0 Å². The van der Waals surface area contributed by atoms with Gasteiger partial charge in [-0.25, -0.2) is 23.3 Å². The van der Waals surface area contributed by atoms with Gasteiger partial charge in [0.25, 0.3) is 0 Å². The van der Waals surface area contributed by atoms with Crippen molar-refractivity contribution in [3.63, 3.8) is 0 Å². The van der Waals surface area contributed by atoms with Crippen LogP contribution in [-0.2, 0) is 21.7 Å². The third kappa shape index (κ3) is 10.4. The van der Waals surface area contributed by atoms with Crippen LogP contribution >= 0.6 is 0 Å². The summed E-state index contributed by atoms with van der Waals surface area (Å²) in [5.41, 5.74) is 2.55. The SMILES string of the molecule is CC1=[C-]CC=C1.CC1=[C-]CC=C1.[Br-].[CH3-].[Ti+4]. The van der Waals surface area contributed by atoms with E-state index in [4.69, 9.17) is 0 Å². The van der Waals surface area contributed by atoms with Gasteiger partial charge in [-0.2, -0.15) is 12.2 Å². The molecule has 0 saturated carbocycles. The fraction of sp³-hybridized carbons (Fsp3) is 0.308. The van der Waals surface area contributed by atoms with Crippen LogP contribution < -0.4 is 17.0 Å². The van der Waals surface area contributed by atoms with Gasteiger partial charge >= 0.3 is 21.7 Å². The first-order valence-electron chi connectivity index (χ1n) is 4.27. The van der Waals surface area contributed by atoms with Crippen LogP contribution in [0.4, 0.5) is 0 Å². The predicted octanol–water partition coefficient (Wildman–Crippen LogP) is 0.843. The Labute approximate surface area is 120 Å². The van der Waals surface area contributed by atoms with Crippen LogP contribution in [0.5, 0.6) is 0 Å². The number of rotatable bonds is 0. The summed E-state index contributed by atoms with van der Waals surface area (Å²) in [6.45, 7) is 4.12. The minimum atomic E-state index is 0. The van der Waals surface area contributed by atoms with E-state index in [0.717, 1.165) is 12.8 Å². The molecule has 2 aliphatic carbocycles. The molecule has 0 radical (unpaired) electrons. The second-order valence-corrected chi connectivity index (χ2v) is 2.93. The van der Waals surface area contributed by atoms with E-state index >= 15 is 0 Å². The van der Waals surface area contributed by atoms with Gasteiger partial charge in [0.05, 0.1) is 0 Å². The van der Waals surface area contributed by atoms with Crippen molar-refractivity contribution in [1.82, 2.24) is 0 Å². The maximum atomic E-state index is 3.12. The van der Waals surface area contributed by atoms with Gasteiger partial charge < -0.3 is 24.4 Å². The Morgan fingerprint density at radius 2 is 1.27 bits per heavy atom.